The van der Waals surface area contributed by atoms with E-state index in [0.29, 0.717) is 12.4 Å². The predicted octanol–water partition coefficient (Wildman–Crippen LogP) is 3.68. The van der Waals surface area contributed by atoms with E-state index in [2.05, 4.69) is 34.2 Å². The van der Waals surface area contributed by atoms with Crippen LogP contribution < -0.4 is 4.90 Å². The third kappa shape index (κ3) is 2.45. The molecule has 0 N–H and O–H groups in total. The summed E-state index contributed by atoms with van der Waals surface area (Å²) in [5.41, 5.74) is 4.86. The van der Waals surface area contributed by atoms with E-state index >= 15 is 0 Å². The van der Waals surface area contributed by atoms with Gasteiger partial charge in [-0.05, 0) is 42.2 Å². The molecule has 0 aliphatic carbocycles. The second-order valence-corrected chi connectivity index (χ2v) is 7.07. The van der Waals surface area contributed by atoms with Crippen LogP contribution in [-0.4, -0.2) is 28.5 Å². The molecule has 3 heterocycles. The number of aryl methyl sites for hydroxylation is 1. The minimum Gasteiger partial charge on any atom is -0.367 e. The lowest BCUT2D eigenvalue weighted by Crippen LogP contribution is -2.34. The van der Waals surface area contributed by atoms with Gasteiger partial charge in [-0.3, -0.25) is 9.36 Å². The molecule has 0 saturated carbocycles. The van der Waals surface area contributed by atoms with Crippen LogP contribution in [0.1, 0.15) is 28.5 Å². The first-order chi connectivity index (χ1) is 13.3. The Bertz CT molecular complexity index is 1130. The number of hydrogen-bond acceptors (Lipinski definition) is 4. The highest BCUT2D eigenvalue weighted by Gasteiger charge is 2.32. The minimum absolute atomic E-state index is 0.120. The van der Waals surface area contributed by atoms with Gasteiger partial charge >= 0.3 is 0 Å². The Balaban J connectivity index is 1.55. The van der Waals surface area contributed by atoms with E-state index in [1.54, 1.807) is 10.6 Å². The average molecular weight is 354 g/mol. The number of carbonyl (C=O) groups is 1. The summed E-state index contributed by atoms with van der Waals surface area (Å²) >= 11 is 0. The lowest BCUT2D eigenvalue weighted by molar-refractivity contribution is 0.0964. The molecule has 132 valence electrons. The average Bonchev–Trinajstić information content (AvgIpc) is 3.08. The number of anilines is 1. The summed E-state index contributed by atoms with van der Waals surface area (Å²) in [7, 11) is 0. The second-order valence-electron chi connectivity index (χ2n) is 7.07. The molecule has 0 saturated heterocycles. The quantitative estimate of drug-likeness (QED) is 0.704. The number of rotatable bonds is 2. The first-order valence-electron chi connectivity index (χ1n) is 9.21. The van der Waals surface area contributed by atoms with Crippen LogP contribution in [0.5, 0.6) is 0 Å². The monoisotopic (exact) mass is 354 g/mol. The molecule has 0 bridgehead atoms. The number of nitrogens with zero attached hydrogens (tertiary/aromatic N) is 4. The number of aromatic nitrogens is 2. The molecule has 2 aliphatic heterocycles. The van der Waals surface area contributed by atoms with Gasteiger partial charge in [0.25, 0.3) is 5.91 Å². The van der Waals surface area contributed by atoms with Crippen LogP contribution in [0.25, 0.3) is 11.0 Å². The Labute approximate surface area is 157 Å². The molecule has 2 aromatic carbocycles. The fraction of sp³-hybridized carbons (Fsp3) is 0.227. The summed E-state index contributed by atoms with van der Waals surface area (Å²) in [5, 5.41) is 9.87. The van der Waals surface area contributed by atoms with E-state index in [4.69, 9.17) is 0 Å². The molecule has 5 heteroatoms. The third-order valence-corrected chi connectivity index (χ3v) is 5.45. The zero-order chi connectivity index (χ0) is 18.4. The summed E-state index contributed by atoms with van der Waals surface area (Å²) in [4.78, 5) is 19.7. The lowest BCUT2D eigenvalue weighted by Gasteiger charge is -2.33. The van der Waals surface area contributed by atoms with Crippen molar-refractivity contribution in [2.75, 3.05) is 18.0 Å². The van der Waals surface area contributed by atoms with E-state index in [9.17, 15) is 10.1 Å². The molecular formula is C22H18N4O. The molecule has 0 unspecified atom stereocenters. The van der Waals surface area contributed by atoms with Crippen LogP contribution in [0.3, 0.4) is 0 Å². The number of benzene rings is 2. The van der Waals surface area contributed by atoms with E-state index in [0.717, 1.165) is 36.0 Å². The van der Waals surface area contributed by atoms with Crippen molar-refractivity contribution in [1.29, 1.82) is 5.26 Å². The summed E-state index contributed by atoms with van der Waals surface area (Å²) in [6, 6.07) is 18.3. The van der Waals surface area contributed by atoms with Crippen LogP contribution in [0.2, 0.25) is 0 Å². The van der Waals surface area contributed by atoms with E-state index in [-0.39, 0.29) is 5.91 Å². The van der Waals surface area contributed by atoms with Crippen molar-refractivity contribution in [3.63, 3.8) is 0 Å². The van der Waals surface area contributed by atoms with Crippen molar-refractivity contribution in [3.05, 3.63) is 71.6 Å². The Morgan fingerprint density at radius 3 is 2.85 bits per heavy atom. The molecule has 0 amide bonds. The van der Waals surface area contributed by atoms with Crippen molar-refractivity contribution >= 4 is 22.6 Å². The van der Waals surface area contributed by atoms with Gasteiger partial charge in [0.2, 0.25) is 0 Å². The lowest BCUT2D eigenvalue weighted by atomic mass is 9.94. The van der Waals surface area contributed by atoms with Crippen molar-refractivity contribution < 1.29 is 4.79 Å². The van der Waals surface area contributed by atoms with Crippen LogP contribution in [0.4, 0.5) is 5.69 Å². The number of nitriles is 1. The first-order valence-corrected chi connectivity index (χ1v) is 9.21. The molecule has 27 heavy (non-hydrogen) atoms. The maximum atomic E-state index is 12.8. The smallest absolute Gasteiger partial charge is 0.256 e. The number of para-hydroxylation sites is 3. The molecule has 2 aliphatic rings. The third-order valence-electron chi connectivity index (χ3n) is 5.45. The maximum absolute atomic E-state index is 12.8. The molecule has 1 atom stereocenters. The zero-order valence-corrected chi connectivity index (χ0v) is 14.8. The minimum atomic E-state index is -0.510. The van der Waals surface area contributed by atoms with Gasteiger partial charge in [0.05, 0.1) is 17.1 Å². The first kappa shape index (κ1) is 15.8. The number of fused-ring (bicyclic) bond motifs is 4. The number of carbonyl (C=O) groups excluding carboxylic acids is 1. The van der Waals surface area contributed by atoms with Gasteiger partial charge in [-0.1, -0.05) is 30.3 Å². The van der Waals surface area contributed by atoms with Gasteiger partial charge in [0, 0.05) is 24.9 Å². The normalized spacial score (nSPS) is 18.6. The van der Waals surface area contributed by atoms with Gasteiger partial charge in [0.1, 0.15) is 11.7 Å². The summed E-state index contributed by atoms with van der Waals surface area (Å²) in [5.74, 6) is -0.0961. The van der Waals surface area contributed by atoms with E-state index in [1.807, 2.05) is 30.3 Å². The fourth-order valence-electron chi connectivity index (χ4n) is 4.22. The largest absolute Gasteiger partial charge is 0.367 e. The number of allylic oxidation sites excluding steroid dienone is 1. The van der Waals surface area contributed by atoms with E-state index < -0.39 is 5.92 Å². The van der Waals surface area contributed by atoms with Gasteiger partial charge in [-0.15, -0.1) is 0 Å². The summed E-state index contributed by atoms with van der Waals surface area (Å²) in [6.45, 7) is 1.50. The van der Waals surface area contributed by atoms with Gasteiger partial charge < -0.3 is 4.90 Å². The summed E-state index contributed by atoms with van der Waals surface area (Å²) in [6.07, 6.45) is 3.78. The molecule has 1 aromatic heterocycles. The second kappa shape index (κ2) is 6.10. The van der Waals surface area contributed by atoms with Gasteiger partial charge in [0.15, 0.2) is 0 Å². The molecule has 5 rings (SSSR count). The predicted molar refractivity (Wildman–Crippen MR) is 104 cm³/mol. The van der Waals surface area contributed by atoms with Crippen molar-refractivity contribution in [3.8, 4) is 6.07 Å². The Kier molecular flexibility index (Phi) is 3.58. The molecule has 0 fully saturated rings. The highest BCUT2D eigenvalue weighted by Crippen LogP contribution is 2.34. The van der Waals surface area contributed by atoms with Gasteiger partial charge in [-0.2, -0.15) is 5.26 Å². The molecule has 0 radical (unpaired) electrons. The van der Waals surface area contributed by atoms with Crippen LogP contribution >= 0.6 is 0 Å². The standard InChI is InChI=1S/C22H18N4O/c23-13-17-16(14-25-11-5-7-15-6-1-3-9-19(15)25)12-21(27)26-20-10-4-2-8-18(20)24-22(17)26/h1-4,6,8-10,12,17H,5,7,11,14H2/t17-/m0/s1. The maximum Gasteiger partial charge on any atom is 0.256 e. The highest BCUT2D eigenvalue weighted by atomic mass is 16.2. The summed E-state index contributed by atoms with van der Waals surface area (Å²) < 4.78 is 1.58. The van der Waals surface area contributed by atoms with Crippen molar-refractivity contribution in [2.24, 2.45) is 0 Å². The van der Waals surface area contributed by atoms with Crippen LogP contribution in [-0.2, 0) is 6.42 Å². The highest BCUT2D eigenvalue weighted by molar-refractivity contribution is 5.99. The Hall–Kier alpha value is -3.39. The van der Waals surface area contributed by atoms with Crippen molar-refractivity contribution in [1.82, 2.24) is 9.55 Å². The number of imidazole rings is 1. The fourth-order valence-corrected chi connectivity index (χ4v) is 4.22. The molecule has 3 aromatic rings. The topological polar surface area (TPSA) is 61.9 Å². The molecule has 5 nitrogen and oxygen atoms in total. The SMILES string of the molecule is N#C[C@H]1C(CN2CCCc3ccccc32)=CC(=O)n2c1nc1ccccc12. The Morgan fingerprint density at radius 2 is 1.96 bits per heavy atom. The van der Waals surface area contributed by atoms with E-state index in [1.165, 1.54) is 11.3 Å². The molecule has 0 spiro atoms. The zero-order valence-electron chi connectivity index (χ0n) is 14.8. The Morgan fingerprint density at radius 1 is 1.15 bits per heavy atom. The van der Waals surface area contributed by atoms with Gasteiger partial charge in [-0.25, -0.2) is 4.98 Å². The van der Waals surface area contributed by atoms with Crippen LogP contribution in [0, 0.1) is 11.3 Å². The molecular weight excluding hydrogens is 336 g/mol. The van der Waals surface area contributed by atoms with Crippen LogP contribution in [0.15, 0.2) is 60.2 Å². The van der Waals surface area contributed by atoms with Crippen molar-refractivity contribution in [2.45, 2.75) is 18.8 Å². The number of hydrogen-bond donors (Lipinski definition) is 0.